The molecule has 1 fully saturated rings. The Morgan fingerprint density at radius 1 is 0.950 bits per heavy atom. The Morgan fingerprint density at radius 3 is 2.20 bits per heavy atom. The first-order chi connectivity index (χ1) is 9.76. The van der Waals surface area contributed by atoms with Crippen LogP contribution in [0, 0.1) is 11.3 Å². The molecule has 0 nitrogen and oxygen atoms in total. The van der Waals surface area contributed by atoms with E-state index in [1.807, 2.05) is 0 Å². The van der Waals surface area contributed by atoms with Crippen molar-refractivity contribution in [2.45, 2.75) is 26.2 Å². The second kappa shape index (κ2) is 5.66. The second-order valence-corrected chi connectivity index (χ2v) is 6.24. The SMILES string of the molecule is C[C@]1(Cc2ccccc2)C[C@@H]1/C=C/Cc1ccccc1. The third-order valence-corrected chi connectivity index (χ3v) is 4.44. The number of benzene rings is 2. The molecule has 0 aromatic heterocycles. The molecule has 0 unspecified atom stereocenters. The third-order valence-electron chi connectivity index (χ3n) is 4.44. The highest BCUT2D eigenvalue weighted by atomic mass is 14.5. The summed E-state index contributed by atoms with van der Waals surface area (Å²) >= 11 is 0. The Labute approximate surface area is 122 Å². The molecular weight excluding hydrogens is 240 g/mol. The molecule has 20 heavy (non-hydrogen) atoms. The van der Waals surface area contributed by atoms with Crippen LogP contribution in [0.2, 0.25) is 0 Å². The molecule has 0 saturated heterocycles. The lowest BCUT2D eigenvalue weighted by Crippen LogP contribution is -2.02. The summed E-state index contributed by atoms with van der Waals surface area (Å²) in [6.45, 7) is 2.41. The number of allylic oxidation sites excluding steroid dienone is 2. The lowest BCUT2D eigenvalue weighted by molar-refractivity contribution is 0.536. The van der Waals surface area contributed by atoms with Gasteiger partial charge in [0.2, 0.25) is 0 Å². The molecule has 1 aliphatic rings. The highest BCUT2D eigenvalue weighted by Gasteiger charge is 2.47. The first-order valence-corrected chi connectivity index (χ1v) is 7.51. The van der Waals surface area contributed by atoms with E-state index in [4.69, 9.17) is 0 Å². The van der Waals surface area contributed by atoms with Crippen molar-refractivity contribution in [2.75, 3.05) is 0 Å². The summed E-state index contributed by atoms with van der Waals surface area (Å²) in [5.74, 6) is 0.756. The summed E-state index contributed by atoms with van der Waals surface area (Å²) in [7, 11) is 0. The Hall–Kier alpha value is -1.82. The zero-order chi connectivity index (χ0) is 13.8. The van der Waals surface area contributed by atoms with Gasteiger partial charge in [-0.25, -0.2) is 0 Å². The van der Waals surface area contributed by atoms with E-state index >= 15 is 0 Å². The minimum atomic E-state index is 0.481. The molecule has 0 radical (unpaired) electrons. The van der Waals surface area contributed by atoms with Crippen LogP contribution in [-0.2, 0) is 12.8 Å². The average Bonchev–Trinajstić information content (AvgIpc) is 3.11. The van der Waals surface area contributed by atoms with E-state index < -0.39 is 0 Å². The van der Waals surface area contributed by atoms with Crippen molar-refractivity contribution in [3.05, 3.63) is 83.9 Å². The zero-order valence-electron chi connectivity index (χ0n) is 12.1. The van der Waals surface area contributed by atoms with E-state index in [0.717, 1.165) is 12.3 Å². The predicted octanol–water partition coefficient (Wildman–Crippen LogP) is 5.05. The maximum Gasteiger partial charge on any atom is -0.00973 e. The molecule has 2 atom stereocenters. The highest BCUT2D eigenvalue weighted by molar-refractivity contribution is 5.23. The zero-order valence-corrected chi connectivity index (χ0v) is 12.1. The summed E-state index contributed by atoms with van der Waals surface area (Å²) in [5, 5.41) is 0. The second-order valence-electron chi connectivity index (χ2n) is 6.24. The average molecular weight is 262 g/mol. The van der Waals surface area contributed by atoms with Crippen molar-refractivity contribution in [3.8, 4) is 0 Å². The van der Waals surface area contributed by atoms with Crippen molar-refractivity contribution in [2.24, 2.45) is 11.3 Å². The van der Waals surface area contributed by atoms with Crippen LogP contribution in [-0.4, -0.2) is 0 Å². The molecule has 0 spiro atoms. The molecule has 1 saturated carbocycles. The van der Waals surface area contributed by atoms with Crippen molar-refractivity contribution in [3.63, 3.8) is 0 Å². The van der Waals surface area contributed by atoms with Gasteiger partial charge in [-0.1, -0.05) is 79.7 Å². The summed E-state index contributed by atoms with van der Waals surface area (Å²) in [5.41, 5.74) is 3.34. The van der Waals surface area contributed by atoms with Gasteiger partial charge in [-0.2, -0.15) is 0 Å². The van der Waals surface area contributed by atoms with Gasteiger partial charge in [0.1, 0.15) is 0 Å². The predicted molar refractivity (Wildman–Crippen MR) is 85.6 cm³/mol. The molecule has 0 bridgehead atoms. The van der Waals surface area contributed by atoms with Crippen LogP contribution in [0.15, 0.2) is 72.8 Å². The molecule has 0 aliphatic heterocycles. The van der Waals surface area contributed by atoms with Crippen LogP contribution in [0.5, 0.6) is 0 Å². The van der Waals surface area contributed by atoms with E-state index in [1.54, 1.807) is 0 Å². The molecular formula is C20H22. The van der Waals surface area contributed by atoms with Gasteiger partial charge >= 0.3 is 0 Å². The van der Waals surface area contributed by atoms with E-state index in [9.17, 15) is 0 Å². The van der Waals surface area contributed by atoms with Gasteiger partial charge in [-0.3, -0.25) is 0 Å². The van der Waals surface area contributed by atoms with E-state index in [0.29, 0.717) is 5.41 Å². The van der Waals surface area contributed by atoms with Crippen LogP contribution in [0.25, 0.3) is 0 Å². The fraction of sp³-hybridized carbons (Fsp3) is 0.300. The smallest absolute Gasteiger partial charge is 0.00973 e. The molecule has 102 valence electrons. The Bertz CT molecular complexity index is 568. The van der Waals surface area contributed by atoms with Crippen molar-refractivity contribution in [1.29, 1.82) is 0 Å². The molecule has 2 aromatic carbocycles. The first kappa shape index (κ1) is 13.2. The van der Waals surface area contributed by atoms with Crippen LogP contribution in [0.3, 0.4) is 0 Å². The minimum absolute atomic E-state index is 0.481. The number of rotatable bonds is 5. The topological polar surface area (TPSA) is 0 Å². The van der Waals surface area contributed by atoms with Crippen LogP contribution in [0.1, 0.15) is 24.5 Å². The van der Waals surface area contributed by atoms with E-state index in [2.05, 4.69) is 79.7 Å². The van der Waals surface area contributed by atoms with E-state index in [1.165, 1.54) is 24.0 Å². The molecule has 1 aliphatic carbocycles. The van der Waals surface area contributed by atoms with Crippen LogP contribution < -0.4 is 0 Å². The lowest BCUT2D eigenvalue weighted by atomic mass is 9.96. The van der Waals surface area contributed by atoms with Crippen molar-refractivity contribution in [1.82, 2.24) is 0 Å². The largest absolute Gasteiger partial charge is 0.0845 e. The monoisotopic (exact) mass is 262 g/mol. The fourth-order valence-corrected chi connectivity index (χ4v) is 2.99. The lowest BCUT2D eigenvalue weighted by Gasteiger charge is -2.09. The highest BCUT2D eigenvalue weighted by Crippen LogP contribution is 2.55. The molecule has 0 amide bonds. The van der Waals surface area contributed by atoms with Gasteiger partial charge in [0.05, 0.1) is 0 Å². The van der Waals surface area contributed by atoms with Gasteiger partial charge in [0.15, 0.2) is 0 Å². The molecule has 0 heteroatoms. The van der Waals surface area contributed by atoms with Gasteiger partial charge in [0.25, 0.3) is 0 Å². The standard InChI is InChI=1S/C20H22/c1-20(15-18-11-6-3-7-12-18)16-19(20)14-8-13-17-9-4-2-5-10-17/h2-12,14,19H,13,15-16H2,1H3/b14-8+/t19-,20-/m0/s1. The summed E-state index contributed by atoms with van der Waals surface area (Å²) in [6.07, 6.45) is 8.35. The quantitative estimate of drug-likeness (QED) is 0.661. The number of hydrogen-bond acceptors (Lipinski definition) is 0. The van der Waals surface area contributed by atoms with Crippen molar-refractivity contribution < 1.29 is 0 Å². The molecule has 3 rings (SSSR count). The maximum atomic E-state index is 2.43. The molecule has 0 heterocycles. The minimum Gasteiger partial charge on any atom is -0.0845 e. The Morgan fingerprint density at radius 2 is 1.55 bits per heavy atom. The summed E-state index contributed by atoms with van der Waals surface area (Å²) in [6, 6.07) is 21.5. The van der Waals surface area contributed by atoms with E-state index in [-0.39, 0.29) is 0 Å². The summed E-state index contributed by atoms with van der Waals surface area (Å²) in [4.78, 5) is 0. The Balaban J connectivity index is 1.53. The van der Waals surface area contributed by atoms with Gasteiger partial charge in [0, 0.05) is 0 Å². The van der Waals surface area contributed by atoms with Crippen molar-refractivity contribution >= 4 is 0 Å². The summed E-state index contributed by atoms with van der Waals surface area (Å²) < 4.78 is 0. The normalized spacial score (nSPS) is 24.9. The fourth-order valence-electron chi connectivity index (χ4n) is 2.99. The maximum absolute atomic E-state index is 2.43. The van der Waals surface area contributed by atoms with Gasteiger partial charge in [-0.15, -0.1) is 0 Å². The molecule has 0 N–H and O–H groups in total. The van der Waals surface area contributed by atoms with Crippen LogP contribution >= 0.6 is 0 Å². The first-order valence-electron chi connectivity index (χ1n) is 7.51. The Kier molecular flexibility index (Phi) is 3.73. The molecule has 2 aromatic rings. The van der Waals surface area contributed by atoms with Gasteiger partial charge in [-0.05, 0) is 41.7 Å². The van der Waals surface area contributed by atoms with Crippen LogP contribution in [0.4, 0.5) is 0 Å². The number of hydrogen-bond donors (Lipinski definition) is 0. The third kappa shape index (κ3) is 3.19. The van der Waals surface area contributed by atoms with Gasteiger partial charge < -0.3 is 0 Å².